The molecule has 0 saturated carbocycles. The molecular weight excluding hydrogens is 711 g/mol. The van der Waals surface area contributed by atoms with E-state index < -0.39 is 60.0 Å². The Hall–Kier alpha value is -5.97. The Morgan fingerprint density at radius 2 is 1.36 bits per heavy atom. The highest BCUT2D eigenvalue weighted by molar-refractivity contribution is 5.95. The zero-order valence-electron chi connectivity index (χ0n) is 32.3. The van der Waals surface area contributed by atoms with Crippen molar-refractivity contribution in [3.63, 3.8) is 0 Å². The van der Waals surface area contributed by atoms with Gasteiger partial charge in [-0.05, 0) is 67.0 Å². The Morgan fingerprint density at radius 1 is 0.786 bits per heavy atom. The molecule has 6 rings (SSSR count). The Labute approximate surface area is 327 Å². The molecule has 2 aliphatic rings. The lowest BCUT2D eigenvalue weighted by Crippen LogP contribution is -2.57. The average Bonchev–Trinajstić information content (AvgIpc) is 3.81. The van der Waals surface area contributed by atoms with Crippen LogP contribution in [0, 0.1) is 0 Å². The number of nitrogens with zero attached hydrogens (tertiary/aromatic N) is 2. The summed E-state index contributed by atoms with van der Waals surface area (Å²) >= 11 is 0. The van der Waals surface area contributed by atoms with Crippen molar-refractivity contribution in [2.75, 3.05) is 20.2 Å². The predicted molar refractivity (Wildman–Crippen MR) is 210 cm³/mol. The van der Waals surface area contributed by atoms with Gasteiger partial charge in [0.2, 0.25) is 11.8 Å². The van der Waals surface area contributed by atoms with Crippen LogP contribution in [-0.4, -0.2) is 83.6 Å². The lowest BCUT2D eigenvalue weighted by Gasteiger charge is -2.34. The minimum Gasteiger partial charge on any atom is -0.460 e. The monoisotopic (exact) mass is 759 g/mol. The minimum absolute atomic E-state index is 0.00507. The van der Waals surface area contributed by atoms with Crippen molar-refractivity contribution in [1.29, 1.82) is 0 Å². The normalized spacial score (nSPS) is 15.9. The van der Waals surface area contributed by atoms with Crippen molar-refractivity contribution >= 4 is 29.8 Å². The molecule has 1 heterocycles. The highest BCUT2D eigenvalue weighted by atomic mass is 16.6. The summed E-state index contributed by atoms with van der Waals surface area (Å²) in [6.45, 7) is 5.49. The molecule has 4 aromatic carbocycles. The number of rotatable bonds is 13. The van der Waals surface area contributed by atoms with Crippen molar-refractivity contribution in [3.8, 4) is 11.1 Å². The van der Waals surface area contributed by atoms with Crippen LogP contribution in [0.2, 0.25) is 0 Å². The number of alkyl carbamates (subject to hydrolysis) is 1. The maximum absolute atomic E-state index is 14.5. The zero-order chi connectivity index (χ0) is 39.8. The van der Waals surface area contributed by atoms with Crippen LogP contribution >= 0.6 is 0 Å². The van der Waals surface area contributed by atoms with Crippen molar-refractivity contribution in [2.45, 2.75) is 82.7 Å². The topological polar surface area (TPSA) is 132 Å². The standard InChI is InChI=1S/C45H49N3O8/c1-45(2,3)56-40(49)27-37(46-44(53)55-29-36-34-22-13-11-20-32(34)33-21-12-14-23-35(33)36)41(50)47(4)39(26-30-16-7-5-8-17-30)42(51)48-25-15-24-38(48)43(52)54-28-31-18-9-6-10-19-31/h5-14,16-23,36-39H,15,24-29H2,1-4H3,(H,46,53)/t37-,38-,39?/m0/s1. The fourth-order valence-electron chi connectivity index (χ4n) is 7.45. The maximum Gasteiger partial charge on any atom is 0.407 e. The molecule has 0 radical (unpaired) electrons. The quantitative estimate of drug-likeness (QED) is 0.122. The molecule has 1 unspecified atom stereocenters. The van der Waals surface area contributed by atoms with Crippen LogP contribution in [0.15, 0.2) is 109 Å². The van der Waals surface area contributed by atoms with Crippen molar-refractivity contribution < 1.29 is 38.2 Å². The molecule has 1 aliphatic heterocycles. The molecule has 56 heavy (non-hydrogen) atoms. The second kappa shape index (κ2) is 17.7. The molecule has 4 aromatic rings. The van der Waals surface area contributed by atoms with E-state index in [1.165, 1.54) is 16.8 Å². The Kier molecular flexibility index (Phi) is 12.5. The summed E-state index contributed by atoms with van der Waals surface area (Å²) in [7, 11) is 1.47. The molecule has 292 valence electrons. The molecule has 1 saturated heterocycles. The number of likely N-dealkylation sites (N-methyl/N-ethyl adjacent to an activating group) is 1. The van der Waals surface area contributed by atoms with Gasteiger partial charge in [-0.25, -0.2) is 9.59 Å². The summed E-state index contributed by atoms with van der Waals surface area (Å²) < 4.78 is 17.0. The summed E-state index contributed by atoms with van der Waals surface area (Å²) in [5.41, 5.74) is 4.92. The first kappa shape index (κ1) is 39.7. The van der Waals surface area contributed by atoms with Crippen LogP contribution in [0.4, 0.5) is 4.79 Å². The largest absolute Gasteiger partial charge is 0.460 e. The van der Waals surface area contributed by atoms with Gasteiger partial charge in [-0.3, -0.25) is 14.4 Å². The summed E-state index contributed by atoms with van der Waals surface area (Å²) in [5, 5.41) is 2.62. The van der Waals surface area contributed by atoms with E-state index >= 15 is 0 Å². The van der Waals surface area contributed by atoms with E-state index in [1.807, 2.05) is 109 Å². The first-order valence-electron chi connectivity index (χ1n) is 19.0. The van der Waals surface area contributed by atoms with Crippen molar-refractivity contribution in [1.82, 2.24) is 15.1 Å². The van der Waals surface area contributed by atoms with Crippen molar-refractivity contribution in [3.05, 3.63) is 131 Å². The number of carbonyl (C=O) groups is 5. The number of ether oxygens (including phenoxy) is 3. The molecule has 3 amide bonds. The lowest BCUT2D eigenvalue weighted by atomic mass is 9.98. The molecule has 0 aromatic heterocycles. The van der Waals surface area contributed by atoms with Gasteiger partial charge in [0.1, 0.15) is 36.9 Å². The molecule has 3 atom stereocenters. The number of nitrogens with one attached hydrogen (secondary N) is 1. The number of benzene rings is 4. The molecule has 0 bridgehead atoms. The number of hydrogen-bond acceptors (Lipinski definition) is 8. The van der Waals surface area contributed by atoms with E-state index in [0.29, 0.717) is 19.4 Å². The van der Waals surface area contributed by atoms with Gasteiger partial charge in [-0.15, -0.1) is 0 Å². The van der Waals surface area contributed by atoms with Gasteiger partial charge < -0.3 is 29.3 Å². The van der Waals surface area contributed by atoms with Crippen LogP contribution < -0.4 is 5.32 Å². The highest BCUT2D eigenvalue weighted by Gasteiger charge is 2.42. The molecule has 1 fully saturated rings. The smallest absolute Gasteiger partial charge is 0.407 e. The van der Waals surface area contributed by atoms with E-state index in [1.54, 1.807) is 20.8 Å². The second-order valence-corrected chi connectivity index (χ2v) is 15.3. The lowest BCUT2D eigenvalue weighted by molar-refractivity contribution is -0.159. The van der Waals surface area contributed by atoms with Gasteiger partial charge in [0.05, 0.1) is 6.42 Å². The second-order valence-electron chi connectivity index (χ2n) is 15.3. The van der Waals surface area contributed by atoms with E-state index in [-0.39, 0.29) is 25.6 Å². The molecule has 1 N–H and O–H groups in total. The van der Waals surface area contributed by atoms with Gasteiger partial charge in [-0.2, -0.15) is 0 Å². The minimum atomic E-state index is -1.43. The molecule has 11 nitrogen and oxygen atoms in total. The average molecular weight is 760 g/mol. The van der Waals surface area contributed by atoms with Gasteiger partial charge >= 0.3 is 18.0 Å². The van der Waals surface area contributed by atoms with Crippen LogP contribution in [0.3, 0.4) is 0 Å². The highest BCUT2D eigenvalue weighted by Crippen LogP contribution is 2.44. The molecule has 11 heteroatoms. The fourth-order valence-corrected chi connectivity index (χ4v) is 7.45. The number of amides is 3. The van der Waals surface area contributed by atoms with E-state index in [4.69, 9.17) is 14.2 Å². The maximum atomic E-state index is 14.5. The van der Waals surface area contributed by atoms with Crippen LogP contribution in [0.5, 0.6) is 0 Å². The van der Waals surface area contributed by atoms with E-state index in [9.17, 15) is 24.0 Å². The number of carbonyl (C=O) groups excluding carboxylic acids is 5. The third-order valence-electron chi connectivity index (χ3n) is 10.1. The Bertz CT molecular complexity index is 1980. The van der Waals surface area contributed by atoms with Crippen LogP contribution in [0.1, 0.15) is 68.2 Å². The third-order valence-corrected chi connectivity index (χ3v) is 10.1. The molecule has 0 spiro atoms. The van der Waals surface area contributed by atoms with Gasteiger partial charge in [0.25, 0.3) is 0 Å². The molecular formula is C45H49N3O8. The number of likely N-dealkylation sites (tertiary alicyclic amines) is 1. The summed E-state index contributed by atoms with van der Waals surface area (Å²) in [6, 6.07) is 31.0. The SMILES string of the molecule is CN(C(=O)[C@H](CC(=O)OC(C)(C)C)NC(=O)OCC1c2ccccc2-c2ccccc21)C(Cc1ccccc1)C(=O)N1CCC[C@H]1C(=O)OCc1ccccc1. The summed E-state index contributed by atoms with van der Waals surface area (Å²) in [6.07, 6.45) is -0.283. The van der Waals surface area contributed by atoms with E-state index in [0.717, 1.165) is 33.4 Å². The summed E-state index contributed by atoms with van der Waals surface area (Å²) in [5.74, 6) is -2.60. The predicted octanol–water partition coefficient (Wildman–Crippen LogP) is 6.43. The number of esters is 2. The number of hydrogen-bond donors (Lipinski definition) is 1. The third kappa shape index (κ3) is 9.63. The first-order chi connectivity index (χ1) is 26.9. The van der Waals surface area contributed by atoms with Crippen LogP contribution in [-0.2, 0) is 46.4 Å². The van der Waals surface area contributed by atoms with Gasteiger partial charge in [0, 0.05) is 25.9 Å². The Morgan fingerprint density at radius 3 is 1.96 bits per heavy atom. The van der Waals surface area contributed by atoms with Gasteiger partial charge in [-0.1, -0.05) is 109 Å². The molecule has 1 aliphatic carbocycles. The van der Waals surface area contributed by atoms with Crippen LogP contribution in [0.25, 0.3) is 11.1 Å². The zero-order valence-corrected chi connectivity index (χ0v) is 32.3. The van der Waals surface area contributed by atoms with Crippen molar-refractivity contribution in [2.24, 2.45) is 0 Å². The Balaban J connectivity index is 1.21. The van der Waals surface area contributed by atoms with Gasteiger partial charge in [0.15, 0.2) is 0 Å². The number of fused-ring (bicyclic) bond motifs is 3. The summed E-state index contributed by atoms with van der Waals surface area (Å²) in [4.78, 5) is 71.8. The van der Waals surface area contributed by atoms with E-state index in [2.05, 4.69) is 5.32 Å². The first-order valence-corrected chi connectivity index (χ1v) is 19.0. The fraction of sp³-hybridized carbons (Fsp3) is 0.356.